The fourth-order valence-electron chi connectivity index (χ4n) is 5.93. The highest BCUT2D eigenvalue weighted by atomic mass is 28.2. The molecule has 0 aromatic heterocycles. The van der Waals surface area contributed by atoms with Crippen molar-refractivity contribution < 1.29 is 23.9 Å². The number of Topliss-reactive ketones (excluding diaryl/α,β-unsaturated/α-hetero) is 1. The van der Waals surface area contributed by atoms with Gasteiger partial charge in [0.05, 0.1) is 13.2 Å². The van der Waals surface area contributed by atoms with Crippen LogP contribution in [0.5, 0.6) is 0 Å². The molecule has 0 heterocycles. The molecule has 6 heteroatoms. The van der Waals surface area contributed by atoms with Crippen LogP contribution in [0.15, 0.2) is 0 Å². The van der Waals surface area contributed by atoms with Crippen LogP contribution in [0.3, 0.4) is 0 Å². The molecule has 0 aliphatic heterocycles. The van der Waals surface area contributed by atoms with Gasteiger partial charge in [-0.25, -0.2) is 0 Å². The number of esters is 1. The van der Waals surface area contributed by atoms with E-state index in [-0.39, 0.29) is 29.0 Å². The SMILES string of the molecule is CCCCC1C(C(C)(C)C)C(C)(C)C(=O)C1(O[SiH3])C(O)CCCCCC(=O)OC. The molecule has 0 aromatic rings. The van der Waals surface area contributed by atoms with Gasteiger partial charge in [-0.3, -0.25) is 9.59 Å². The minimum Gasteiger partial charge on any atom is -0.469 e. The predicted molar refractivity (Wildman–Crippen MR) is 120 cm³/mol. The maximum absolute atomic E-state index is 13.7. The number of ketones is 1. The highest BCUT2D eigenvalue weighted by Gasteiger charge is 2.68. The van der Waals surface area contributed by atoms with E-state index in [4.69, 9.17) is 4.43 Å². The zero-order valence-corrected chi connectivity index (χ0v) is 22.0. The third-order valence-corrected chi connectivity index (χ3v) is 7.57. The van der Waals surface area contributed by atoms with E-state index in [0.29, 0.717) is 23.3 Å². The zero-order valence-electron chi connectivity index (χ0n) is 20.0. The van der Waals surface area contributed by atoms with Gasteiger partial charge in [-0.2, -0.15) is 0 Å². The minimum atomic E-state index is -1.09. The summed E-state index contributed by atoms with van der Waals surface area (Å²) in [6.07, 6.45) is 5.41. The summed E-state index contributed by atoms with van der Waals surface area (Å²) < 4.78 is 10.8. The molecule has 1 fully saturated rings. The number of rotatable bonds is 11. The second kappa shape index (κ2) is 10.5. The molecule has 0 spiro atoms. The van der Waals surface area contributed by atoms with Crippen LogP contribution < -0.4 is 0 Å². The third kappa shape index (κ3) is 5.50. The van der Waals surface area contributed by atoms with Crippen molar-refractivity contribution in [1.82, 2.24) is 0 Å². The Bertz CT molecular complexity index is 554. The number of hydrogen-bond donors (Lipinski definition) is 1. The fourth-order valence-corrected chi connectivity index (χ4v) is 6.69. The van der Waals surface area contributed by atoms with Gasteiger partial charge in [0.15, 0.2) is 5.78 Å². The van der Waals surface area contributed by atoms with Crippen LogP contribution in [0.25, 0.3) is 0 Å². The second-order valence-corrected chi connectivity index (χ2v) is 10.7. The normalized spacial score (nSPS) is 27.9. The molecule has 29 heavy (non-hydrogen) atoms. The number of aliphatic hydroxyl groups is 1. The van der Waals surface area contributed by atoms with Gasteiger partial charge in [-0.05, 0) is 30.6 Å². The lowest BCUT2D eigenvalue weighted by molar-refractivity contribution is -0.151. The average molecular weight is 429 g/mol. The molecule has 1 aliphatic rings. The molecular weight excluding hydrogens is 384 g/mol. The van der Waals surface area contributed by atoms with Crippen LogP contribution in [0.4, 0.5) is 0 Å². The predicted octanol–water partition coefficient (Wildman–Crippen LogP) is 3.58. The molecule has 1 N–H and O–H groups in total. The summed E-state index contributed by atoms with van der Waals surface area (Å²) >= 11 is 0. The van der Waals surface area contributed by atoms with Crippen molar-refractivity contribution in [2.24, 2.45) is 22.7 Å². The van der Waals surface area contributed by atoms with Crippen molar-refractivity contribution in [2.45, 2.75) is 105 Å². The highest BCUT2D eigenvalue weighted by molar-refractivity contribution is 6.04. The molecule has 0 bridgehead atoms. The Morgan fingerprint density at radius 1 is 1.21 bits per heavy atom. The van der Waals surface area contributed by atoms with E-state index in [1.54, 1.807) is 0 Å². The first kappa shape index (κ1) is 26.3. The fraction of sp³-hybridized carbons (Fsp3) is 0.913. The Kier molecular flexibility index (Phi) is 9.56. The topological polar surface area (TPSA) is 72.8 Å². The number of unbranched alkanes of at least 4 members (excludes halogenated alkanes) is 3. The molecule has 0 aromatic carbocycles. The average Bonchev–Trinajstić information content (AvgIpc) is 2.82. The summed E-state index contributed by atoms with van der Waals surface area (Å²) in [6, 6.07) is 0. The molecule has 4 atom stereocenters. The molecule has 1 rings (SSSR count). The molecule has 0 saturated heterocycles. The van der Waals surface area contributed by atoms with E-state index in [2.05, 4.69) is 32.4 Å². The monoisotopic (exact) mass is 428 g/mol. The van der Waals surface area contributed by atoms with Gasteiger partial charge in [-0.1, -0.05) is 67.2 Å². The molecule has 0 amide bonds. The van der Waals surface area contributed by atoms with Crippen LogP contribution in [-0.2, 0) is 18.8 Å². The second-order valence-electron chi connectivity index (χ2n) is 10.3. The molecule has 1 saturated carbocycles. The molecule has 170 valence electrons. The van der Waals surface area contributed by atoms with Gasteiger partial charge in [0, 0.05) is 17.8 Å². The molecule has 1 aliphatic carbocycles. The summed E-state index contributed by atoms with van der Waals surface area (Å²) in [6.45, 7) is 12.8. The molecule has 5 nitrogen and oxygen atoms in total. The van der Waals surface area contributed by atoms with Crippen LogP contribution >= 0.6 is 0 Å². The number of hydrogen-bond acceptors (Lipinski definition) is 5. The van der Waals surface area contributed by atoms with Crippen LogP contribution in [-0.4, -0.2) is 46.2 Å². The first-order valence-corrected chi connectivity index (χ1v) is 12.1. The number of aliphatic hydroxyl groups excluding tert-OH is 1. The minimum absolute atomic E-state index is 0.0209. The van der Waals surface area contributed by atoms with E-state index < -0.39 is 17.1 Å². The van der Waals surface area contributed by atoms with Crippen molar-refractivity contribution in [3.05, 3.63) is 0 Å². The van der Waals surface area contributed by atoms with Gasteiger partial charge in [0.1, 0.15) is 16.1 Å². The lowest BCUT2D eigenvalue weighted by Gasteiger charge is -2.43. The summed E-state index contributed by atoms with van der Waals surface area (Å²) in [4.78, 5) is 25.0. The first-order valence-electron chi connectivity index (χ1n) is 11.3. The smallest absolute Gasteiger partial charge is 0.305 e. The first-order chi connectivity index (χ1) is 13.4. The standard InChI is InChI=1S/C23H44O5Si/c1-8-9-13-16-19(21(2,3)4)22(5,6)20(26)23(16,28-29)17(24)14-11-10-12-15-18(25)27-7/h16-17,19,24H,8-15H2,1-7,29H3. The Balaban J connectivity index is 3.08. The van der Waals surface area contributed by atoms with Crippen molar-refractivity contribution in [1.29, 1.82) is 0 Å². The summed E-state index contributed by atoms with van der Waals surface area (Å²) in [7, 11) is 1.81. The molecule has 0 radical (unpaired) electrons. The van der Waals surface area contributed by atoms with Crippen LogP contribution in [0, 0.1) is 22.7 Å². The summed E-state index contributed by atoms with van der Waals surface area (Å²) in [5.41, 5.74) is -1.68. The Hall–Kier alpha value is -0.723. The van der Waals surface area contributed by atoms with Gasteiger partial charge in [0.25, 0.3) is 0 Å². The van der Waals surface area contributed by atoms with Crippen molar-refractivity contribution >= 4 is 22.2 Å². The largest absolute Gasteiger partial charge is 0.469 e. The Labute approximate surface area is 180 Å². The quantitative estimate of drug-likeness (QED) is 0.309. The van der Waals surface area contributed by atoms with Crippen molar-refractivity contribution in [2.75, 3.05) is 7.11 Å². The van der Waals surface area contributed by atoms with E-state index in [1.807, 2.05) is 13.8 Å². The van der Waals surface area contributed by atoms with E-state index in [9.17, 15) is 14.7 Å². The number of carbonyl (C=O) groups excluding carboxylic acids is 2. The highest BCUT2D eigenvalue weighted by Crippen LogP contribution is 2.60. The summed E-state index contributed by atoms with van der Waals surface area (Å²) in [5.74, 6) is 0.0397. The third-order valence-electron chi connectivity index (χ3n) is 6.89. The Morgan fingerprint density at radius 3 is 2.31 bits per heavy atom. The maximum Gasteiger partial charge on any atom is 0.305 e. The van der Waals surface area contributed by atoms with Gasteiger partial charge >= 0.3 is 5.97 Å². The Morgan fingerprint density at radius 2 is 1.83 bits per heavy atom. The van der Waals surface area contributed by atoms with Crippen molar-refractivity contribution in [3.63, 3.8) is 0 Å². The van der Waals surface area contributed by atoms with Gasteiger partial charge in [-0.15, -0.1) is 0 Å². The molecular formula is C23H44O5Si. The number of ether oxygens (including phenoxy) is 1. The zero-order chi connectivity index (χ0) is 22.5. The number of methoxy groups -OCH3 is 1. The van der Waals surface area contributed by atoms with E-state index in [1.165, 1.54) is 7.11 Å². The van der Waals surface area contributed by atoms with Crippen LogP contribution in [0.2, 0.25) is 0 Å². The number of carbonyl (C=O) groups is 2. The van der Waals surface area contributed by atoms with E-state index in [0.717, 1.165) is 38.5 Å². The van der Waals surface area contributed by atoms with Crippen molar-refractivity contribution in [3.8, 4) is 0 Å². The van der Waals surface area contributed by atoms with E-state index >= 15 is 0 Å². The lowest BCUT2D eigenvalue weighted by atomic mass is 9.63. The lowest BCUT2D eigenvalue weighted by Crippen LogP contribution is -2.55. The van der Waals surface area contributed by atoms with Crippen LogP contribution in [0.1, 0.15) is 92.9 Å². The van der Waals surface area contributed by atoms with Gasteiger partial charge < -0.3 is 14.3 Å². The maximum atomic E-state index is 13.7. The van der Waals surface area contributed by atoms with Gasteiger partial charge in [0.2, 0.25) is 0 Å². The molecule has 4 unspecified atom stereocenters. The summed E-state index contributed by atoms with van der Waals surface area (Å²) in [5, 5.41) is 11.3.